The minimum atomic E-state index is -0.635. The summed E-state index contributed by atoms with van der Waals surface area (Å²) in [4.78, 5) is 4.03. The van der Waals surface area contributed by atoms with Crippen LogP contribution in [0.15, 0.2) is 36.7 Å². The van der Waals surface area contributed by atoms with Gasteiger partial charge in [0.2, 0.25) is 0 Å². The number of aromatic nitrogens is 1. The van der Waals surface area contributed by atoms with Crippen LogP contribution < -0.4 is 10.6 Å². The van der Waals surface area contributed by atoms with Gasteiger partial charge in [-0.2, -0.15) is 0 Å². The molecule has 2 rings (SSSR count). The molecule has 0 amide bonds. The van der Waals surface area contributed by atoms with Crippen molar-refractivity contribution in [3.63, 3.8) is 0 Å². The summed E-state index contributed by atoms with van der Waals surface area (Å²) >= 11 is 0. The first-order valence-electron chi connectivity index (χ1n) is 5.60. The third kappa shape index (κ3) is 2.94. The topological polar surface area (TPSA) is 37.0 Å². The van der Waals surface area contributed by atoms with Crippen molar-refractivity contribution in [2.45, 2.75) is 6.92 Å². The van der Waals surface area contributed by atoms with Crippen LogP contribution in [0.25, 0.3) is 0 Å². The fourth-order valence-corrected chi connectivity index (χ4v) is 1.56. The maximum Gasteiger partial charge on any atom is 0.149 e. The van der Waals surface area contributed by atoms with E-state index >= 15 is 0 Å². The van der Waals surface area contributed by atoms with Crippen molar-refractivity contribution in [2.24, 2.45) is 0 Å². The van der Waals surface area contributed by atoms with E-state index in [-0.39, 0.29) is 5.69 Å². The van der Waals surface area contributed by atoms with Gasteiger partial charge in [0.25, 0.3) is 0 Å². The monoisotopic (exact) mass is 249 g/mol. The van der Waals surface area contributed by atoms with Crippen LogP contribution >= 0.6 is 0 Å². The number of nitrogens with zero attached hydrogens (tertiary/aromatic N) is 1. The quantitative estimate of drug-likeness (QED) is 0.870. The molecule has 0 spiro atoms. The van der Waals surface area contributed by atoms with Gasteiger partial charge in [-0.1, -0.05) is 0 Å². The van der Waals surface area contributed by atoms with Gasteiger partial charge in [0.15, 0.2) is 0 Å². The first-order valence-corrected chi connectivity index (χ1v) is 5.60. The Hall–Kier alpha value is -2.17. The summed E-state index contributed by atoms with van der Waals surface area (Å²) in [5, 5.41) is 5.96. The number of pyridine rings is 1. The molecule has 1 heterocycles. The Morgan fingerprint density at radius 1 is 1.11 bits per heavy atom. The molecule has 5 heteroatoms. The van der Waals surface area contributed by atoms with E-state index < -0.39 is 11.6 Å². The molecule has 1 aromatic carbocycles. The highest BCUT2D eigenvalue weighted by atomic mass is 19.1. The van der Waals surface area contributed by atoms with Crippen LogP contribution in [0.2, 0.25) is 0 Å². The number of hydrogen-bond acceptors (Lipinski definition) is 3. The van der Waals surface area contributed by atoms with Gasteiger partial charge in [0.1, 0.15) is 11.6 Å². The van der Waals surface area contributed by atoms with Gasteiger partial charge in [-0.15, -0.1) is 0 Å². The Balaban J connectivity index is 2.20. The molecule has 0 saturated carbocycles. The molecule has 0 aliphatic heterocycles. The summed E-state index contributed by atoms with van der Waals surface area (Å²) < 4.78 is 26.2. The summed E-state index contributed by atoms with van der Waals surface area (Å²) in [6, 6.07) is 5.20. The first kappa shape index (κ1) is 12.3. The number of nitrogens with one attached hydrogen (secondary N) is 2. The largest absolute Gasteiger partial charge is 0.384 e. The van der Waals surface area contributed by atoms with Crippen molar-refractivity contribution in [1.82, 2.24) is 4.98 Å². The second kappa shape index (κ2) is 5.44. The average Bonchev–Trinajstić information content (AvgIpc) is 2.34. The predicted molar refractivity (Wildman–Crippen MR) is 68.0 cm³/mol. The van der Waals surface area contributed by atoms with Gasteiger partial charge in [0.05, 0.1) is 29.5 Å². The molecule has 0 saturated heterocycles. The molecule has 2 N–H and O–H groups in total. The molecular weight excluding hydrogens is 236 g/mol. The Kier molecular flexibility index (Phi) is 3.72. The standard InChI is InChI=1S/C13H13F2N3/c1-2-17-10-6-11(8-16-7-10)18-13-4-3-9(14)5-12(13)15/h3-8,17-18H,2H2,1H3. The number of rotatable bonds is 4. The summed E-state index contributed by atoms with van der Waals surface area (Å²) in [5.74, 6) is -1.23. The maximum atomic E-state index is 13.4. The lowest BCUT2D eigenvalue weighted by atomic mass is 10.2. The Morgan fingerprint density at radius 3 is 2.61 bits per heavy atom. The predicted octanol–water partition coefficient (Wildman–Crippen LogP) is 3.54. The van der Waals surface area contributed by atoms with Gasteiger partial charge in [0, 0.05) is 12.6 Å². The molecule has 0 aliphatic carbocycles. The molecule has 18 heavy (non-hydrogen) atoms. The first-order chi connectivity index (χ1) is 8.69. The van der Waals surface area contributed by atoms with Crippen LogP contribution in [0.1, 0.15) is 6.92 Å². The molecular formula is C13H13F2N3. The third-order valence-corrected chi connectivity index (χ3v) is 2.33. The molecule has 0 aliphatic rings. The van der Waals surface area contributed by atoms with Crippen LogP contribution in [-0.4, -0.2) is 11.5 Å². The van der Waals surface area contributed by atoms with Gasteiger partial charge in [-0.25, -0.2) is 8.78 Å². The fraction of sp³-hybridized carbons (Fsp3) is 0.154. The van der Waals surface area contributed by atoms with E-state index in [1.54, 1.807) is 18.5 Å². The molecule has 94 valence electrons. The SMILES string of the molecule is CCNc1cncc(Nc2ccc(F)cc2F)c1. The van der Waals surface area contributed by atoms with Crippen molar-refractivity contribution in [3.8, 4) is 0 Å². The van der Waals surface area contributed by atoms with E-state index in [9.17, 15) is 8.78 Å². The van der Waals surface area contributed by atoms with Crippen molar-refractivity contribution in [2.75, 3.05) is 17.2 Å². The lowest BCUT2D eigenvalue weighted by Gasteiger charge is -2.09. The normalized spacial score (nSPS) is 10.2. The zero-order valence-corrected chi connectivity index (χ0v) is 9.87. The highest BCUT2D eigenvalue weighted by Crippen LogP contribution is 2.21. The molecule has 3 nitrogen and oxygen atoms in total. The van der Waals surface area contributed by atoms with Crippen molar-refractivity contribution < 1.29 is 8.78 Å². The number of benzene rings is 1. The van der Waals surface area contributed by atoms with Crippen molar-refractivity contribution >= 4 is 17.1 Å². The number of hydrogen-bond donors (Lipinski definition) is 2. The molecule has 1 aromatic heterocycles. The summed E-state index contributed by atoms with van der Waals surface area (Å²) in [6.45, 7) is 2.75. The van der Waals surface area contributed by atoms with E-state index in [0.29, 0.717) is 5.69 Å². The summed E-state index contributed by atoms with van der Waals surface area (Å²) in [6.07, 6.45) is 3.25. The van der Waals surface area contributed by atoms with E-state index in [4.69, 9.17) is 0 Å². The molecule has 0 atom stereocenters. The lowest BCUT2D eigenvalue weighted by Crippen LogP contribution is -1.99. The molecule has 0 unspecified atom stereocenters. The van der Waals surface area contributed by atoms with Crippen LogP contribution in [0.3, 0.4) is 0 Å². The van der Waals surface area contributed by atoms with E-state index in [2.05, 4.69) is 15.6 Å². The van der Waals surface area contributed by atoms with Crippen molar-refractivity contribution in [3.05, 3.63) is 48.3 Å². The maximum absolute atomic E-state index is 13.4. The minimum absolute atomic E-state index is 0.215. The average molecular weight is 249 g/mol. The van der Waals surface area contributed by atoms with E-state index in [0.717, 1.165) is 18.3 Å². The zero-order valence-electron chi connectivity index (χ0n) is 9.87. The van der Waals surface area contributed by atoms with Gasteiger partial charge in [-0.3, -0.25) is 4.98 Å². The Morgan fingerprint density at radius 2 is 1.89 bits per heavy atom. The van der Waals surface area contributed by atoms with Crippen molar-refractivity contribution in [1.29, 1.82) is 0 Å². The molecule has 2 aromatic rings. The zero-order chi connectivity index (χ0) is 13.0. The fourth-order valence-electron chi connectivity index (χ4n) is 1.56. The highest BCUT2D eigenvalue weighted by molar-refractivity contribution is 5.63. The van der Waals surface area contributed by atoms with Crippen LogP contribution in [0.5, 0.6) is 0 Å². The highest BCUT2D eigenvalue weighted by Gasteiger charge is 2.04. The third-order valence-electron chi connectivity index (χ3n) is 2.33. The van der Waals surface area contributed by atoms with Gasteiger partial charge >= 0.3 is 0 Å². The molecule has 0 radical (unpaired) electrons. The number of halogens is 2. The van der Waals surface area contributed by atoms with Crippen LogP contribution in [0, 0.1) is 11.6 Å². The lowest BCUT2D eigenvalue weighted by molar-refractivity contribution is 0.586. The van der Waals surface area contributed by atoms with Crippen LogP contribution in [0.4, 0.5) is 25.8 Å². The van der Waals surface area contributed by atoms with E-state index in [1.165, 1.54) is 12.1 Å². The van der Waals surface area contributed by atoms with Crippen LogP contribution in [-0.2, 0) is 0 Å². The second-order valence-corrected chi connectivity index (χ2v) is 3.74. The molecule has 0 bridgehead atoms. The second-order valence-electron chi connectivity index (χ2n) is 3.74. The Bertz CT molecular complexity index is 544. The summed E-state index contributed by atoms with van der Waals surface area (Å²) in [5.41, 5.74) is 1.69. The van der Waals surface area contributed by atoms with Gasteiger partial charge < -0.3 is 10.6 Å². The smallest absolute Gasteiger partial charge is 0.149 e. The van der Waals surface area contributed by atoms with Gasteiger partial charge in [-0.05, 0) is 25.1 Å². The minimum Gasteiger partial charge on any atom is -0.384 e. The Labute approximate surface area is 104 Å². The summed E-state index contributed by atoms with van der Waals surface area (Å²) in [7, 11) is 0. The molecule has 0 fully saturated rings. The van der Waals surface area contributed by atoms with E-state index in [1.807, 2.05) is 6.92 Å². The number of anilines is 3.